The van der Waals surface area contributed by atoms with E-state index in [1.165, 1.54) is 12.1 Å². The predicted molar refractivity (Wildman–Crippen MR) is 71.9 cm³/mol. The van der Waals surface area contributed by atoms with Gasteiger partial charge in [0.2, 0.25) is 0 Å². The molecular weight excluding hydrogens is 280 g/mol. The maximum atomic E-state index is 13.1. The molecule has 0 spiro atoms. The van der Waals surface area contributed by atoms with Crippen molar-refractivity contribution in [3.63, 3.8) is 0 Å². The predicted octanol–water partition coefficient (Wildman–Crippen LogP) is 3.34. The van der Waals surface area contributed by atoms with E-state index < -0.39 is 16.6 Å². The van der Waals surface area contributed by atoms with Gasteiger partial charge in [-0.2, -0.15) is 0 Å². The van der Waals surface area contributed by atoms with Crippen molar-refractivity contribution in [3.8, 4) is 0 Å². The number of imidazole rings is 1. The third kappa shape index (κ3) is 2.58. The number of fused-ring (bicyclic) bond motifs is 1. The summed E-state index contributed by atoms with van der Waals surface area (Å²) in [5.41, 5.74) is 1.56. The minimum Gasteiger partial charge on any atom is -0.342 e. The normalized spacial score (nSPS) is 11.0. The van der Waals surface area contributed by atoms with Crippen LogP contribution in [-0.4, -0.2) is 14.9 Å². The van der Waals surface area contributed by atoms with Gasteiger partial charge in [0, 0.05) is 30.7 Å². The Morgan fingerprint density at radius 1 is 1.14 bits per heavy atom. The number of nitrogens with one attached hydrogen (secondary N) is 1. The van der Waals surface area contributed by atoms with Crippen LogP contribution in [0.5, 0.6) is 0 Å². The SMILES string of the molecule is O=[N+]([O-])c1ccc(Cc2nc3cc(F)c(F)cc3[nH]2)cc1. The van der Waals surface area contributed by atoms with Crippen molar-refractivity contribution in [2.75, 3.05) is 0 Å². The molecule has 7 heteroatoms. The fourth-order valence-corrected chi connectivity index (χ4v) is 2.07. The Morgan fingerprint density at radius 2 is 1.81 bits per heavy atom. The van der Waals surface area contributed by atoms with Crippen molar-refractivity contribution >= 4 is 16.7 Å². The van der Waals surface area contributed by atoms with E-state index in [1.807, 2.05) is 0 Å². The monoisotopic (exact) mass is 289 g/mol. The van der Waals surface area contributed by atoms with E-state index in [0.717, 1.165) is 17.7 Å². The zero-order valence-electron chi connectivity index (χ0n) is 10.6. The smallest absolute Gasteiger partial charge is 0.269 e. The first-order chi connectivity index (χ1) is 10.0. The molecule has 0 amide bonds. The van der Waals surface area contributed by atoms with Gasteiger partial charge >= 0.3 is 0 Å². The maximum absolute atomic E-state index is 13.1. The Bertz CT molecular complexity index is 789. The number of aromatic amines is 1. The molecule has 0 aliphatic carbocycles. The molecule has 1 heterocycles. The second kappa shape index (κ2) is 4.93. The molecule has 21 heavy (non-hydrogen) atoms. The summed E-state index contributed by atoms with van der Waals surface area (Å²) in [6, 6.07) is 8.12. The molecule has 0 atom stereocenters. The minimum absolute atomic E-state index is 0.00694. The zero-order valence-corrected chi connectivity index (χ0v) is 10.6. The molecule has 5 nitrogen and oxygen atoms in total. The Morgan fingerprint density at radius 3 is 2.48 bits per heavy atom. The number of nitro groups is 1. The van der Waals surface area contributed by atoms with Gasteiger partial charge in [-0.1, -0.05) is 12.1 Å². The number of hydrogen-bond donors (Lipinski definition) is 1. The molecule has 1 aromatic heterocycles. The van der Waals surface area contributed by atoms with Crippen LogP contribution in [-0.2, 0) is 6.42 Å². The van der Waals surface area contributed by atoms with E-state index in [-0.39, 0.29) is 5.69 Å². The van der Waals surface area contributed by atoms with Gasteiger partial charge in [-0.25, -0.2) is 13.8 Å². The van der Waals surface area contributed by atoms with Gasteiger partial charge in [0.05, 0.1) is 16.0 Å². The molecular formula is C14H9F2N3O2. The third-order valence-corrected chi connectivity index (χ3v) is 3.09. The summed E-state index contributed by atoms with van der Waals surface area (Å²) in [5.74, 6) is -1.35. The average Bonchev–Trinajstić information content (AvgIpc) is 2.81. The third-order valence-electron chi connectivity index (χ3n) is 3.09. The van der Waals surface area contributed by atoms with E-state index in [9.17, 15) is 18.9 Å². The molecule has 106 valence electrons. The van der Waals surface area contributed by atoms with Crippen molar-refractivity contribution in [1.29, 1.82) is 0 Å². The molecule has 0 aliphatic heterocycles. The highest BCUT2D eigenvalue weighted by Crippen LogP contribution is 2.19. The molecule has 2 aromatic carbocycles. The maximum Gasteiger partial charge on any atom is 0.269 e. The molecule has 0 bridgehead atoms. The van der Waals surface area contributed by atoms with Crippen LogP contribution < -0.4 is 0 Å². The van der Waals surface area contributed by atoms with Crippen LogP contribution in [0.1, 0.15) is 11.4 Å². The van der Waals surface area contributed by atoms with Gasteiger partial charge in [0.1, 0.15) is 5.82 Å². The van der Waals surface area contributed by atoms with E-state index in [0.29, 0.717) is 23.3 Å². The zero-order chi connectivity index (χ0) is 15.0. The topological polar surface area (TPSA) is 71.8 Å². The van der Waals surface area contributed by atoms with Crippen molar-refractivity contribution < 1.29 is 13.7 Å². The van der Waals surface area contributed by atoms with Crippen molar-refractivity contribution in [1.82, 2.24) is 9.97 Å². The Kier molecular flexibility index (Phi) is 3.09. The number of benzene rings is 2. The van der Waals surface area contributed by atoms with Crippen LogP contribution in [0, 0.1) is 21.7 Å². The molecule has 3 aromatic rings. The van der Waals surface area contributed by atoms with Crippen LogP contribution in [0.25, 0.3) is 11.0 Å². The summed E-state index contributed by atoms with van der Waals surface area (Å²) in [4.78, 5) is 17.2. The highest BCUT2D eigenvalue weighted by Gasteiger charge is 2.10. The Hall–Kier alpha value is -2.83. The van der Waals surface area contributed by atoms with E-state index >= 15 is 0 Å². The van der Waals surface area contributed by atoms with Crippen LogP contribution in [0.3, 0.4) is 0 Å². The quantitative estimate of drug-likeness (QED) is 0.593. The molecule has 0 unspecified atom stereocenters. The lowest BCUT2D eigenvalue weighted by atomic mass is 10.1. The molecule has 3 rings (SSSR count). The lowest BCUT2D eigenvalue weighted by molar-refractivity contribution is -0.384. The standard InChI is InChI=1S/C14H9F2N3O2/c15-10-6-12-13(7-11(10)16)18-14(17-12)5-8-1-3-9(4-2-8)19(20)21/h1-4,6-7H,5H2,(H,17,18). The number of hydrogen-bond acceptors (Lipinski definition) is 3. The largest absolute Gasteiger partial charge is 0.342 e. The van der Waals surface area contributed by atoms with Crippen LogP contribution in [0.15, 0.2) is 36.4 Å². The summed E-state index contributed by atoms with van der Waals surface area (Å²) in [6.07, 6.45) is 0.385. The number of nitro benzene ring substituents is 1. The Labute approximate surface area is 117 Å². The van der Waals surface area contributed by atoms with Crippen LogP contribution in [0.2, 0.25) is 0 Å². The summed E-state index contributed by atoms with van der Waals surface area (Å²) < 4.78 is 26.2. The average molecular weight is 289 g/mol. The van der Waals surface area contributed by atoms with Gasteiger partial charge in [-0.05, 0) is 5.56 Å². The first kappa shape index (κ1) is 13.2. The van der Waals surface area contributed by atoms with Gasteiger partial charge in [-0.15, -0.1) is 0 Å². The number of halogens is 2. The summed E-state index contributed by atoms with van der Waals surface area (Å²) in [6.45, 7) is 0. The van der Waals surface area contributed by atoms with Gasteiger partial charge in [0.15, 0.2) is 11.6 Å². The molecule has 0 saturated carbocycles. The summed E-state index contributed by atoms with van der Waals surface area (Å²) >= 11 is 0. The van der Waals surface area contributed by atoms with Crippen molar-refractivity contribution in [3.05, 3.63) is 69.5 Å². The van der Waals surface area contributed by atoms with Crippen molar-refractivity contribution in [2.45, 2.75) is 6.42 Å². The highest BCUT2D eigenvalue weighted by molar-refractivity contribution is 5.75. The van der Waals surface area contributed by atoms with E-state index in [1.54, 1.807) is 12.1 Å². The number of nitrogens with zero attached hydrogens (tertiary/aromatic N) is 2. The fraction of sp³-hybridized carbons (Fsp3) is 0.0714. The number of non-ortho nitro benzene ring substituents is 1. The second-order valence-corrected chi connectivity index (χ2v) is 4.57. The molecule has 0 radical (unpaired) electrons. The second-order valence-electron chi connectivity index (χ2n) is 4.57. The minimum atomic E-state index is -0.948. The summed E-state index contributed by atoms with van der Waals surface area (Å²) in [5, 5.41) is 10.6. The van der Waals surface area contributed by atoms with Crippen LogP contribution >= 0.6 is 0 Å². The first-order valence-electron chi connectivity index (χ1n) is 6.10. The molecule has 0 fully saturated rings. The van der Waals surface area contributed by atoms with Crippen molar-refractivity contribution in [2.24, 2.45) is 0 Å². The Balaban J connectivity index is 1.89. The lowest BCUT2D eigenvalue weighted by Gasteiger charge is -1.97. The number of rotatable bonds is 3. The van der Waals surface area contributed by atoms with Crippen LogP contribution in [0.4, 0.5) is 14.5 Å². The van der Waals surface area contributed by atoms with Gasteiger partial charge < -0.3 is 4.98 Å². The lowest BCUT2D eigenvalue weighted by Crippen LogP contribution is -1.92. The van der Waals surface area contributed by atoms with Gasteiger partial charge in [-0.3, -0.25) is 10.1 Å². The molecule has 0 aliphatic rings. The highest BCUT2D eigenvalue weighted by atomic mass is 19.2. The molecule has 0 saturated heterocycles. The number of H-pyrrole nitrogens is 1. The van der Waals surface area contributed by atoms with Gasteiger partial charge in [0.25, 0.3) is 5.69 Å². The molecule has 1 N–H and O–H groups in total. The number of aromatic nitrogens is 2. The first-order valence-corrected chi connectivity index (χ1v) is 6.10. The fourth-order valence-electron chi connectivity index (χ4n) is 2.07. The van der Waals surface area contributed by atoms with E-state index in [2.05, 4.69) is 9.97 Å². The van der Waals surface area contributed by atoms with E-state index in [4.69, 9.17) is 0 Å². The summed E-state index contributed by atoms with van der Waals surface area (Å²) in [7, 11) is 0.